The van der Waals surface area contributed by atoms with Crippen molar-refractivity contribution in [3.8, 4) is 0 Å². The second-order valence-corrected chi connectivity index (χ2v) is 9.39. The zero-order valence-electron chi connectivity index (χ0n) is 20.1. The molecule has 0 spiro atoms. The van der Waals surface area contributed by atoms with Crippen LogP contribution in [-0.2, 0) is 24.8 Å². The Hall–Kier alpha value is -3.86. The number of nitrogens with zero attached hydrogens (tertiary/aromatic N) is 2. The van der Waals surface area contributed by atoms with Crippen LogP contribution in [-0.4, -0.2) is 34.4 Å². The van der Waals surface area contributed by atoms with E-state index in [0.717, 1.165) is 29.5 Å². The highest BCUT2D eigenvalue weighted by Crippen LogP contribution is 2.26. The monoisotopic (exact) mass is 465 g/mol. The van der Waals surface area contributed by atoms with Crippen LogP contribution in [0.3, 0.4) is 0 Å². The summed E-state index contributed by atoms with van der Waals surface area (Å²) < 4.78 is 2.15. The Bertz CT molecular complexity index is 1340. The lowest BCUT2D eigenvalue weighted by molar-refractivity contribution is -0.121. The van der Waals surface area contributed by atoms with E-state index in [9.17, 15) is 9.59 Å². The van der Waals surface area contributed by atoms with Gasteiger partial charge in [0.05, 0.1) is 0 Å². The first kappa shape index (κ1) is 22.9. The van der Waals surface area contributed by atoms with Crippen molar-refractivity contribution in [2.24, 2.45) is 7.05 Å². The third-order valence-electron chi connectivity index (χ3n) is 6.98. The van der Waals surface area contributed by atoms with E-state index in [-0.39, 0.29) is 17.7 Å². The van der Waals surface area contributed by atoms with Crippen LogP contribution in [0.4, 0.5) is 0 Å². The molecule has 0 radical (unpaired) electrons. The molecule has 3 aromatic carbocycles. The fourth-order valence-electron chi connectivity index (χ4n) is 5.13. The Balaban J connectivity index is 1.18. The minimum Gasteiger partial charge on any atom is -0.355 e. The molecular weight excluding hydrogens is 434 g/mol. The molecule has 1 atom stereocenters. The Morgan fingerprint density at radius 1 is 0.971 bits per heavy atom. The van der Waals surface area contributed by atoms with Crippen LogP contribution in [0.2, 0.25) is 0 Å². The molecule has 2 amide bonds. The smallest absolute Gasteiger partial charge is 0.254 e. The number of hydrogen-bond acceptors (Lipinski definition) is 2. The first-order valence-corrected chi connectivity index (χ1v) is 12.3. The average Bonchev–Trinajstić information content (AvgIpc) is 3.38. The highest BCUT2D eigenvalue weighted by atomic mass is 16.2. The normalized spacial score (nSPS) is 13.7. The average molecular weight is 466 g/mol. The molecule has 1 aliphatic rings. The van der Waals surface area contributed by atoms with Crippen LogP contribution in [0.15, 0.2) is 85.1 Å². The van der Waals surface area contributed by atoms with Crippen LogP contribution >= 0.6 is 0 Å². The lowest BCUT2D eigenvalue weighted by atomic mass is 9.98. The van der Waals surface area contributed by atoms with E-state index in [0.29, 0.717) is 26.1 Å². The van der Waals surface area contributed by atoms with E-state index in [4.69, 9.17) is 0 Å². The SMILES string of the molecule is Cn1cc(CCCC(=O)NC[C@@H](CN2Cc3ccccc3C2=O)c2ccccc2)c2ccccc21. The molecule has 0 fully saturated rings. The summed E-state index contributed by atoms with van der Waals surface area (Å²) >= 11 is 0. The summed E-state index contributed by atoms with van der Waals surface area (Å²) in [5, 5.41) is 4.40. The van der Waals surface area contributed by atoms with E-state index in [2.05, 4.69) is 59.5 Å². The largest absolute Gasteiger partial charge is 0.355 e. The van der Waals surface area contributed by atoms with Gasteiger partial charge in [-0.25, -0.2) is 0 Å². The fraction of sp³-hybridized carbons (Fsp3) is 0.267. The first-order valence-electron chi connectivity index (χ1n) is 12.3. The van der Waals surface area contributed by atoms with Crippen LogP contribution in [0.5, 0.6) is 0 Å². The van der Waals surface area contributed by atoms with Gasteiger partial charge < -0.3 is 14.8 Å². The Morgan fingerprint density at radius 2 is 1.71 bits per heavy atom. The maximum Gasteiger partial charge on any atom is 0.254 e. The number of hydrogen-bond donors (Lipinski definition) is 1. The number of fused-ring (bicyclic) bond motifs is 2. The van der Waals surface area contributed by atoms with E-state index in [1.54, 1.807) is 0 Å². The number of benzene rings is 3. The summed E-state index contributed by atoms with van der Waals surface area (Å²) in [5.41, 5.74) is 5.49. The molecule has 1 N–H and O–H groups in total. The second-order valence-electron chi connectivity index (χ2n) is 9.39. The number of carbonyl (C=O) groups is 2. The van der Waals surface area contributed by atoms with Gasteiger partial charge in [-0.2, -0.15) is 0 Å². The first-order chi connectivity index (χ1) is 17.1. The van der Waals surface area contributed by atoms with Crippen molar-refractivity contribution in [1.82, 2.24) is 14.8 Å². The van der Waals surface area contributed by atoms with Crippen molar-refractivity contribution in [2.45, 2.75) is 31.7 Å². The van der Waals surface area contributed by atoms with E-state index in [1.165, 1.54) is 16.5 Å². The molecule has 35 heavy (non-hydrogen) atoms. The van der Waals surface area contributed by atoms with Gasteiger partial charge in [0.15, 0.2) is 0 Å². The maximum atomic E-state index is 12.9. The number of amides is 2. The van der Waals surface area contributed by atoms with Gasteiger partial charge in [-0.15, -0.1) is 0 Å². The van der Waals surface area contributed by atoms with Crippen molar-refractivity contribution in [1.29, 1.82) is 0 Å². The lowest BCUT2D eigenvalue weighted by Crippen LogP contribution is -2.35. The molecule has 5 nitrogen and oxygen atoms in total. The third-order valence-corrected chi connectivity index (χ3v) is 6.98. The molecule has 0 aliphatic carbocycles. The molecule has 1 aliphatic heterocycles. The molecule has 178 valence electrons. The lowest BCUT2D eigenvalue weighted by Gasteiger charge is -2.24. The maximum absolute atomic E-state index is 12.9. The number of aromatic nitrogens is 1. The van der Waals surface area contributed by atoms with Gasteiger partial charge in [-0.1, -0.05) is 66.7 Å². The molecule has 0 saturated heterocycles. The van der Waals surface area contributed by atoms with Crippen molar-refractivity contribution in [3.63, 3.8) is 0 Å². The summed E-state index contributed by atoms with van der Waals surface area (Å²) in [7, 11) is 2.06. The van der Waals surface area contributed by atoms with Crippen LogP contribution < -0.4 is 5.32 Å². The molecular formula is C30H31N3O2. The summed E-state index contributed by atoms with van der Waals surface area (Å²) in [6.07, 6.45) is 4.32. The van der Waals surface area contributed by atoms with Crippen LogP contribution in [0.1, 0.15) is 45.8 Å². The quantitative estimate of drug-likeness (QED) is 0.376. The zero-order chi connectivity index (χ0) is 24.2. The number of carbonyl (C=O) groups excluding carboxylic acids is 2. The molecule has 5 heteroatoms. The minimum absolute atomic E-state index is 0.0384. The number of nitrogens with one attached hydrogen (secondary N) is 1. The summed E-state index contributed by atoms with van der Waals surface area (Å²) in [4.78, 5) is 27.5. The van der Waals surface area contributed by atoms with Gasteiger partial charge in [0.25, 0.3) is 5.91 Å². The Labute approximate surface area is 206 Å². The summed E-state index contributed by atoms with van der Waals surface area (Å²) in [6.45, 7) is 1.71. The van der Waals surface area contributed by atoms with Gasteiger partial charge >= 0.3 is 0 Å². The zero-order valence-corrected chi connectivity index (χ0v) is 20.1. The summed E-state index contributed by atoms with van der Waals surface area (Å²) in [5.74, 6) is 0.168. The molecule has 0 bridgehead atoms. The molecule has 0 unspecified atom stereocenters. The Kier molecular flexibility index (Phi) is 6.66. The molecule has 0 saturated carbocycles. The molecule has 2 heterocycles. The Morgan fingerprint density at radius 3 is 2.54 bits per heavy atom. The van der Waals surface area contributed by atoms with E-state index >= 15 is 0 Å². The van der Waals surface area contributed by atoms with Gasteiger partial charge in [0.1, 0.15) is 0 Å². The molecule has 4 aromatic rings. The molecule has 1 aromatic heterocycles. The molecule has 5 rings (SSSR count). The predicted molar refractivity (Wildman–Crippen MR) is 139 cm³/mol. The van der Waals surface area contributed by atoms with Gasteiger partial charge in [-0.3, -0.25) is 9.59 Å². The van der Waals surface area contributed by atoms with Crippen molar-refractivity contribution < 1.29 is 9.59 Å². The minimum atomic E-state index is 0.0384. The van der Waals surface area contributed by atoms with Crippen molar-refractivity contribution in [2.75, 3.05) is 13.1 Å². The predicted octanol–water partition coefficient (Wildman–Crippen LogP) is 5.06. The number of aryl methyl sites for hydroxylation is 2. The van der Waals surface area contributed by atoms with Crippen LogP contribution in [0.25, 0.3) is 10.9 Å². The topological polar surface area (TPSA) is 54.3 Å². The third kappa shape index (κ3) is 4.99. The van der Waals surface area contributed by atoms with Gasteiger partial charge in [-0.05, 0) is 41.7 Å². The van der Waals surface area contributed by atoms with Gasteiger partial charge in [0, 0.05) is 61.7 Å². The standard InChI is InChI=1S/C30H31N3O2/c1-32-19-23(26-14-7-8-16-28(26)32)13-9-17-29(34)31-18-25(22-10-3-2-4-11-22)21-33-20-24-12-5-6-15-27(24)30(33)35/h2-8,10-12,14-16,19,25H,9,13,17-18,20-21H2,1H3,(H,31,34)/t25-/m0/s1. The summed E-state index contributed by atoms with van der Waals surface area (Å²) in [6, 6.07) is 26.3. The number of para-hydroxylation sites is 1. The van der Waals surface area contributed by atoms with Crippen molar-refractivity contribution >= 4 is 22.7 Å². The highest BCUT2D eigenvalue weighted by Gasteiger charge is 2.29. The van der Waals surface area contributed by atoms with Gasteiger partial charge in [0.2, 0.25) is 5.91 Å². The van der Waals surface area contributed by atoms with E-state index in [1.807, 2.05) is 47.4 Å². The second kappa shape index (κ2) is 10.2. The van der Waals surface area contributed by atoms with Crippen LogP contribution in [0, 0.1) is 0 Å². The van der Waals surface area contributed by atoms with E-state index < -0.39 is 0 Å². The fourth-order valence-corrected chi connectivity index (χ4v) is 5.13. The van der Waals surface area contributed by atoms with Crippen molar-refractivity contribution in [3.05, 3.63) is 107 Å². The highest BCUT2D eigenvalue weighted by molar-refractivity contribution is 5.98. The number of rotatable bonds is 9.